The number of carbonyl (C=O) groups excluding carboxylic acids is 6. The molecule has 0 rings (SSSR count). The summed E-state index contributed by atoms with van der Waals surface area (Å²) in [4.78, 5) is 85.9. The molecule has 0 aliphatic rings. The number of carboxylic acids is 4. The first-order chi connectivity index (χ1) is 17.6. The molecule has 17 heteroatoms. The van der Waals surface area contributed by atoms with Crippen LogP contribution in [0.1, 0.15) is 65.2 Å². The van der Waals surface area contributed by atoms with Gasteiger partial charge in [0.15, 0.2) is 0 Å². The van der Waals surface area contributed by atoms with Crippen molar-refractivity contribution < 1.29 is 58.8 Å². The first kappa shape index (κ1) is 40.0. The molecule has 6 N–H and O–H groups in total. The van der Waals surface area contributed by atoms with E-state index in [-0.39, 0.29) is 87.5 Å². The molecule has 0 aliphatic carbocycles. The zero-order valence-electron chi connectivity index (χ0n) is 21.9. The van der Waals surface area contributed by atoms with E-state index in [2.05, 4.69) is 21.3 Å². The van der Waals surface area contributed by atoms with Crippen LogP contribution in [0.3, 0.4) is 0 Å². The number of hydrogen-bond donors (Lipinski definition) is 6. The normalized spacial score (nSPS) is 11.1. The Morgan fingerprint density at radius 2 is 0.923 bits per heavy atom. The third-order valence-corrected chi connectivity index (χ3v) is 4.43. The van der Waals surface area contributed by atoms with Crippen LogP contribution >= 0.6 is 0 Å². The summed E-state index contributed by atoms with van der Waals surface area (Å²) < 4.78 is 0. The van der Waals surface area contributed by atoms with Crippen molar-refractivity contribution in [1.29, 1.82) is 0 Å². The Labute approximate surface area is 240 Å². The van der Waals surface area contributed by atoms with Crippen molar-refractivity contribution in [3.8, 4) is 0 Å². The minimum Gasteiger partial charge on any atom is -0.550 e. The Bertz CT molecular complexity index is 785. The van der Waals surface area contributed by atoms with Crippen molar-refractivity contribution in [2.24, 2.45) is 0 Å². The van der Waals surface area contributed by atoms with E-state index in [1.54, 1.807) is 0 Å². The molecule has 39 heavy (non-hydrogen) atoms. The summed E-state index contributed by atoms with van der Waals surface area (Å²) in [6.07, 6.45) is 0.0195. The van der Waals surface area contributed by atoms with Crippen molar-refractivity contribution in [2.75, 3.05) is 13.1 Å². The predicted molar refractivity (Wildman–Crippen MR) is 129 cm³/mol. The van der Waals surface area contributed by atoms with Crippen molar-refractivity contribution in [3.05, 3.63) is 0 Å². The fourth-order valence-electron chi connectivity index (χ4n) is 2.65. The summed E-state index contributed by atoms with van der Waals surface area (Å²) in [5.74, 6) is -6.55. The van der Waals surface area contributed by atoms with E-state index < -0.39 is 59.6 Å². The zero-order chi connectivity index (χ0) is 29.7. The largest absolute Gasteiger partial charge is 2.00 e. The van der Waals surface area contributed by atoms with Gasteiger partial charge in [0.25, 0.3) is 0 Å². The molecule has 0 saturated carbocycles. The summed E-state index contributed by atoms with van der Waals surface area (Å²) in [5.41, 5.74) is 0. The van der Waals surface area contributed by atoms with Gasteiger partial charge in [-0.15, -0.1) is 0 Å². The molecule has 0 aromatic heterocycles. The monoisotopic (exact) mass is 570 g/mol. The molecule has 0 bridgehead atoms. The van der Waals surface area contributed by atoms with E-state index in [1.807, 2.05) is 0 Å². The van der Waals surface area contributed by atoms with Crippen LogP contribution in [0.4, 0.5) is 0 Å². The van der Waals surface area contributed by atoms with E-state index in [0.717, 1.165) is 0 Å². The fraction of sp³-hybridized carbons (Fsp3) is 0.636. The minimum atomic E-state index is -1.21. The molecule has 0 fully saturated rings. The van der Waals surface area contributed by atoms with E-state index in [1.165, 1.54) is 13.8 Å². The van der Waals surface area contributed by atoms with E-state index in [9.17, 15) is 48.6 Å². The van der Waals surface area contributed by atoms with E-state index >= 15 is 0 Å². The van der Waals surface area contributed by atoms with Gasteiger partial charge in [0.05, 0.1) is 0 Å². The average Bonchev–Trinajstić information content (AvgIpc) is 2.79. The van der Waals surface area contributed by atoms with E-state index in [4.69, 9.17) is 10.2 Å². The number of carboxylic acid groups (broad SMARTS) is 4. The summed E-state index contributed by atoms with van der Waals surface area (Å²) in [7, 11) is 0. The van der Waals surface area contributed by atoms with Gasteiger partial charge in [-0.25, -0.2) is 9.59 Å². The zero-order valence-corrected chi connectivity index (χ0v) is 23.3. The minimum absolute atomic E-state index is 0. The smallest absolute Gasteiger partial charge is 0.550 e. The van der Waals surface area contributed by atoms with Crippen LogP contribution in [0.15, 0.2) is 0 Å². The molecule has 0 spiro atoms. The van der Waals surface area contributed by atoms with Crippen LogP contribution in [0.5, 0.6) is 0 Å². The third kappa shape index (κ3) is 27.4. The number of rotatable bonds is 18. The summed E-state index contributed by atoms with van der Waals surface area (Å²) in [5, 5.41) is 47.1. The van der Waals surface area contributed by atoms with Gasteiger partial charge in [-0.3, -0.25) is 19.2 Å². The molecule has 0 heterocycles. The standard InChI is InChI=1S/2C11H18N2O6.Mg/c2*1-7(14)13-8(11(18)19)4-5-9(15)12-6-2-3-10(16)17;/h2*8H,2-6H2,1H3,(H,12,15)(H,13,14)(H,16,17)(H,18,19);/q;;+2/p-2/t2*8-;/m00./s1. The van der Waals surface area contributed by atoms with E-state index in [0.29, 0.717) is 0 Å². The predicted octanol–water partition coefficient (Wildman–Crippen LogP) is -4.38. The Morgan fingerprint density at radius 3 is 1.15 bits per heavy atom. The topological polar surface area (TPSA) is 271 Å². The molecule has 4 amide bonds. The van der Waals surface area contributed by atoms with Crippen LogP contribution in [-0.2, 0) is 38.4 Å². The SMILES string of the molecule is CC(=O)N[C@@H](CCC(=O)NCCCC(=O)[O-])C(=O)O.CC(=O)N[C@@H](CCC(=O)NCCCC(=O)[O-])C(=O)O.[Mg+2]. The molecule has 0 radical (unpaired) electrons. The first-order valence-corrected chi connectivity index (χ1v) is 11.6. The van der Waals surface area contributed by atoms with Crippen LogP contribution in [0, 0.1) is 0 Å². The molecular weight excluding hydrogens is 537 g/mol. The second-order valence-electron chi connectivity index (χ2n) is 7.91. The molecule has 2 atom stereocenters. The van der Waals surface area contributed by atoms with Gasteiger partial charge < -0.3 is 51.3 Å². The number of aliphatic carboxylic acids is 4. The van der Waals surface area contributed by atoms with Crippen LogP contribution < -0.4 is 31.5 Å². The Hall–Kier alpha value is -3.47. The van der Waals surface area contributed by atoms with Crippen LogP contribution in [0.25, 0.3) is 0 Å². The second kappa shape index (κ2) is 23.6. The second-order valence-corrected chi connectivity index (χ2v) is 7.91. The van der Waals surface area contributed by atoms with Crippen LogP contribution in [-0.4, -0.2) is 106 Å². The molecule has 216 valence electrons. The first-order valence-electron chi connectivity index (χ1n) is 11.6. The van der Waals surface area contributed by atoms with Gasteiger partial charge >= 0.3 is 35.0 Å². The molecule has 0 unspecified atom stereocenters. The van der Waals surface area contributed by atoms with Gasteiger partial charge in [0, 0.05) is 51.7 Å². The number of carbonyl (C=O) groups is 8. The molecule has 16 nitrogen and oxygen atoms in total. The number of amides is 4. The van der Waals surface area contributed by atoms with Gasteiger partial charge in [-0.1, -0.05) is 0 Å². The number of nitrogens with one attached hydrogen (secondary N) is 4. The van der Waals surface area contributed by atoms with Crippen molar-refractivity contribution in [2.45, 2.75) is 77.3 Å². The third-order valence-electron chi connectivity index (χ3n) is 4.43. The molecule has 0 aliphatic heterocycles. The Balaban J connectivity index is -0.000000648. The van der Waals surface area contributed by atoms with Crippen LogP contribution in [0.2, 0.25) is 0 Å². The maximum absolute atomic E-state index is 11.3. The van der Waals surface area contributed by atoms with Crippen molar-refractivity contribution in [3.63, 3.8) is 0 Å². The fourth-order valence-corrected chi connectivity index (χ4v) is 2.65. The summed E-state index contributed by atoms with van der Waals surface area (Å²) in [6.45, 7) is 2.75. The van der Waals surface area contributed by atoms with Crippen molar-refractivity contribution in [1.82, 2.24) is 21.3 Å². The van der Waals surface area contributed by atoms with Gasteiger partial charge in [0.1, 0.15) is 12.1 Å². The Morgan fingerprint density at radius 1 is 0.615 bits per heavy atom. The summed E-state index contributed by atoms with van der Waals surface area (Å²) >= 11 is 0. The Kier molecular flexibility index (Phi) is 24.3. The molecule has 0 aromatic carbocycles. The maximum Gasteiger partial charge on any atom is 2.00 e. The quantitative estimate of drug-likeness (QED) is 0.0673. The summed E-state index contributed by atoms with van der Waals surface area (Å²) in [6, 6.07) is -2.21. The number of hydrogen-bond acceptors (Lipinski definition) is 10. The van der Waals surface area contributed by atoms with Gasteiger partial charge in [0.2, 0.25) is 23.6 Å². The molecule has 0 aromatic rings. The van der Waals surface area contributed by atoms with Gasteiger partial charge in [-0.2, -0.15) is 0 Å². The van der Waals surface area contributed by atoms with Crippen molar-refractivity contribution >= 4 is 70.6 Å². The van der Waals surface area contributed by atoms with Gasteiger partial charge in [-0.05, 0) is 38.5 Å². The molecule has 0 saturated heterocycles. The maximum atomic E-state index is 11.3. The average molecular weight is 571 g/mol. The molecular formula is C22H34MgN4O12.